The first-order valence-electron chi connectivity index (χ1n) is 8.70. The molecule has 0 unspecified atom stereocenters. The Bertz CT molecular complexity index is 701. The van der Waals surface area contributed by atoms with Gasteiger partial charge in [-0.15, -0.1) is 11.8 Å². The average molecular weight is 360 g/mol. The highest BCUT2D eigenvalue weighted by Gasteiger charge is 2.16. The van der Waals surface area contributed by atoms with Crippen molar-refractivity contribution in [2.75, 3.05) is 11.1 Å². The number of halogens is 1. The Hall–Kier alpha value is -1.81. The molecular weight excluding hydrogens is 333 g/mol. The first-order chi connectivity index (χ1) is 11.9. The maximum Gasteiger partial charge on any atom is 0.225 e. The van der Waals surface area contributed by atoms with Crippen molar-refractivity contribution >= 4 is 23.4 Å². The van der Waals surface area contributed by atoms with Gasteiger partial charge in [0.2, 0.25) is 5.91 Å². The number of thioether (sulfide) groups is 1. The largest absolute Gasteiger partial charge is 0.326 e. The predicted molar refractivity (Wildman–Crippen MR) is 105 cm³/mol. The van der Waals surface area contributed by atoms with Gasteiger partial charge in [0.05, 0.1) is 0 Å². The number of hydrogen-bond donors (Lipinski definition) is 1. The smallest absolute Gasteiger partial charge is 0.225 e. The fourth-order valence-corrected chi connectivity index (χ4v) is 3.60. The normalized spacial score (nSPS) is 11.2. The Morgan fingerprint density at radius 3 is 2.16 bits per heavy atom. The molecule has 0 radical (unpaired) electrons. The predicted octanol–water partition coefficient (Wildman–Crippen LogP) is 6.19. The van der Waals surface area contributed by atoms with Gasteiger partial charge < -0.3 is 5.32 Å². The van der Waals surface area contributed by atoms with Crippen molar-refractivity contribution in [2.24, 2.45) is 0 Å². The van der Waals surface area contributed by atoms with Crippen LogP contribution in [0.3, 0.4) is 0 Å². The van der Waals surface area contributed by atoms with Crippen LogP contribution in [0, 0.1) is 5.82 Å². The van der Waals surface area contributed by atoms with Crippen LogP contribution in [-0.4, -0.2) is 11.7 Å². The Morgan fingerprint density at radius 1 is 1.00 bits per heavy atom. The summed E-state index contributed by atoms with van der Waals surface area (Å²) in [4.78, 5) is 13.0. The second-order valence-electron chi connectivity index (χ2n) is 6.70. The summed E-state index contributed by atoms with van der Waals surface area (Å²) in [6.07, 6.45) is 0.350. The molecule has 0 saturated carbocycles. The van der Waals surface area contributed by atoms with Crippen LogP contribution in [0.1, 0.15) is 57.1 Å². The third-order valence-electron chi connectivity index (χ3n) is 4.06. The molecule has 0 spiro atoms. The molecule has 2 aromatic rings. The van der Waals surface area contributed by atoms with E-state index in [0.29, 0.717) is 28.9 Å². The molecule has 0 aliphatic carbocycles. The van der Waals surface area contributed by atoms with E-state index in [9.17, 15) is 9.18 Å². The van der Waals surface area contributed by atoms with E-state index in [1.54, 1.807) is 18.2 Å². The highest BCUT2D eigenvalue weighted by atomic mass is 32.2. The molecule has 0 aromatic heterocycles. The molecule has 2 aromatic carbocycles. The van der Waals surface area contributed by atoms with Gasteiger partial charge >= 0.3 is 0 Å². The SMILES string of the molecule is CC(C)c1cccc(C(C)C)c1NC(=O)CCSc1ccccc1F. The van der Waals surface area contributed by atoms with Crippen LogP contribution in [-0.2, 0) is 4.79 Å². The summed E-state index contributed by atoms with van der Waals surface area (Å²) in [6.45, 7) is 8.51. The third-order valence-corrected chi connectivity index (χ3v) is 5.11. The molecule has 2 rings (SSSR count). The van der Waals surface area contributed by atoms with Gasteiger partial charge in [0, 0.05) is 22.8 Å². The molecule has 2 nitrogen and oxygen atoms in total. The molecule has 0 atom stereocenters. The van der Waals surface area contributed by atoms with E-state index in [-0.39, 0.29) is 11.7 Å². The second-order valence-corrected chi connectivity index (χ2v) is 7.83. The lowest BCUT2D eigenvalue weighted by atomic mass is 9.92. The van der Waals surface area contributed by atoms with Crippen molar-refractivity contribution in [2.45, 2.75) is 50.8 Å². The molecule has 0 heterocycles. The monoisotopic (exact) mass is 359 g/mol. The van der Waals surface area contributed by atoms with Crippen molar-refractivity contribution in [3.63, 3.8) is 0 Å². The Kier molecular flexibility index (Phi) is 7.06. The van der Waals surface area contributed by atoms with Gasteiger partial charge in [-0.25, -0.2) is 4.39 Å². The minimum Gasteiger partial charge on any atom is -0.326 e. The molecule has 25 heavy (non-hydrogen) atoms. The Morgan fingerprint density at radius 2 is 1.60 bits per heavy atom. The number of nitrogens with one attached hydrogen (secondary N) is 1. The van der Waals surface area contributed by atoms with E-state index in [0.717, 1.165) is 16.8 Å². The zero-order chi connectivity index (χ0) is 18.4. The molecular formula is C21H26FNOS. The Labute approximate surface area is 154 Å². The zero-order valence-corrected chi connectivity index (χ0v) is 16.1. The van der Waals surface area contributed by atoms with Gasteiger partial charge in [0.15, 0.2) is 0 Å². The number of para-hydroxylation sites is 1. The van der Waals surface area contributed by atoms with E-state index in [1.165, 1.54) is 17.8 Å². The average Bonchev–Trinajstić information content (AvgIpc) is 2.56. The summed E-state index contributed by atoms with van der Waals surface area (Å²) in [5.41, 5.74) is 3.25. The molecule has 1 N–H and O–H groups in total. The van der Waals surface area contributed by atoms with E-state index in [4.69, 9.17) is 0 Å². The minimum atomic E-state index is -0.236. The first-order valence-corrected chi connectivity index (χ1v) is 9.68. The van der Waals surface area contributed by atoms with Crippen molar-refractivity contribution in [3.8, 4) is 0 Å². The number of benzene rings is 2. The first kappa shape index (κ1) is 19.5. The van der Waals surface area contributed by atoms with Crippen LogP contribution in [0.4, 0.5) is 10.1 Å². The minimum absolute atomic E-state index is 0.0289. The second kappa shape index (κ2) is 9.04. The van der Waals surface area contributed by atoms with Gasteiger partial charge in [-0.05, 0) is 35.1 Å². The molecule has 4 heteroatoms. The van der Waals surface area contributed by atoms with E-state index >= 15 is 0 Å². The third kappa shape index (κ3) is 5.33. The zero-order valence-electron chi connectivity index (χ0n) is 15.3. The topological polar surface area (TPSA) is 29.1 Å². The van der Waals surface area contributed by atoms with Crippen molar-refractivity contribution in [1.82, 2.24) is 0 Å². The Balaban J connectivity index is 2.04. The molecule has 134 valence electrons. The number of anilines is 1. The summed E-state index contributed by atoms with van der Waals surface area (Å²) < 4.78 is 13.6. The maximum atomic E-state index is 13.6. The number of hydrogen-bond acceptors (Lipinski definition) is 2. The molecule has 1 amide bonds. The number of carbonyl (C=O) groups excluding carboxylic acids is 1. The fraction of sp³-hybridized carbons (Fsp3) is 0.381. The van der Waals surface area contributed by atoms with Crippen LogP contribution in [0.5, 0.6) is 0 Å². The lowest BCUT2D eigenvalue weighted by Gasteiger charge is -2.20. The maximum absolute atomic E-state index is 13.6. The molecule has 0 aliphatic heterocycles. The summed E-state index contributed by atoms with van der Waals surface area (Å²) in [5.74, 6) is 0.954. The molecule has 0 aliphatic rings. The van der Waals surface area contributed by atoms with Crippen LogP contribution in [0.15, 0.2) is 47.4 Å². The van der Waals surface area contributed by atoms with E-state index in [1.807, 2.05) is 6.07 Å². The van der Waals surface area contributed by atoms with Gasteiger partial charge in [-0.1, -0.05) is 58.0 Å². The number of rotatable bonds is 7. The molecule has 0 saturated heterocycles. The van der Waals surface area contributed by atoms with Crippen LogP contribution < -0.4 is 5.32 Å². The van der Waals surface area contributed by atoms with Gasteiger partial charge in [-0.3, -0.25) is 4.79 Å². The lowest BCUT2D eigenvalue weighted by molar-refractivity contribution is -0.115. The summed E-state index contributed by atoms with van der Waals surface area (Å²) in [6, 6.07) is 12.8. The van der Waals surface area contributed by atoms with E-state index < -0.39 is 0 Å². The fourth-order valence-electron chi connectivity index (χ4n) is 2.71. The summed E-state index contributed by atoms with van der Waals surface area (Å²) >= 11 is 1.37. The highest BCUT2D eigenvalue weighted by Crippen LogP contribution is 2.32. The lowest BCUT2D eigenvalue weighted by Crippen LogP contribution is -2.16. The standard InChI is InChI=1S/C21H26FNOS/c1-14(2)16-8-7-9-17(15(3)4)21(16)23-20(24)12-13-25-19-11-6-5-10-18(19)22/h5-11,14-15H,12-13H2,1-4H3,(H,23,24). The quantitative estimate of drug-likeness (QED) is 0.597. The molecule has 0 fully saturated rings. The van der Waals surface area contributed by atoms with Crippen LogP contribution in [0.2, 0.25) is 0 Å². The van der Waals surface area contributed by atoms with Crippen LogP contribution in [0.25, 0.3) is 0 Å². The van der Waals surface area contributed by atoms with Gasteiger partial charge in [-0.2, -0.15) is 0 Å². The van der Waals surface area contributed by atoms with Crippen LogP contribution >= 0.6 is 11.8 Å². The van der Waals surface area contributed by atoms with Gasteiger partial charge in [0.25, 0.3) is 0 Å². The highest BCUT2D eigenvalue weighted by molar-refractivity contribution is 7.99. The summed E-state index contributed by atoms with van der Waals surface area (Å²) in [7, 11) is 0. The van der Waals surface area contributed by atoms with Gasteiger partial charge in [0.1, 0.15) is 5.82 Å². The van der Waals surface area contributed by atoms with Crippen molar-refractivity contribution < 1.29 is 9.18 Å². The van der Waals surface area contributed by atoms with Crippen molar-refractivity contribution in [1.29, 1.82) is 0 Å². The number of amides is 1. The molecule has 0 bridgehead atoms. The van der Waals surface area contributed by atoms with E-state index in [2.05, 4.69) is 45.1 Å². The number of carbonyl (C=O) groups is 1. The summed E-state index contributed by atoms with van der Waals surface area (Å²) in [5, 5.41) is 3.10. The van der Waals surface area contributed by atoms with Crippen molar-refractivity contribution in [3.05, 3.63) is 59.4 Å².